The Balaban J connectivity index is 0.000000621. The van der Waals surface area contributed by atoms with Gasteiger partial charge in [0.25, 0.3) is 0 Å². The van der Waals surface area contributed by atoms with Gasteiger partial charge < -0.3 is 4.57 Å². The van der Waals surface area contributed by atoms with Crippen LogP contribution in [0.1, 0.15) is 46.5 Å². The summed E-state index contributed by atoms with van der Waals surface area (Å²) in [7, 11) is -4.67. The van der Waals surface area contributed by atoms with E-state index in [1.54, 1.807) is 0 Å². The summed E-state index contributed by atoms with van der Waals surface area (Å²) in [6.07, 6.45) is 11.1. The third-order valence-electron chi connectivity index (χ3n) is 3.33. The standard InChI is InChI=1S/C13H24N2.H2O4S/c1-4-13(5-2)10-12(3)6-8-15-9-7-14-11-15;1-5(2,3)4/h7,9,11-13H,4-6,8,10H2,1-3H3;(H2,1,2,3,4). The predicted octanol–water partition coefficient (Wildman–Crippen LogP) is 3.08. The maximum absolute atomic E-state index is 8.74. The molecular weight excluding hydrogens is 280 g/mol. The van der Waals surface area contributed by atoms with Crippen molar-refractivity contribution in [3.8, 4) is 0 Å². The summed E-state index contributed by atoms with van der Waals surface area (Å²) in [5.41, 5.74) is 0. The highest BCUT2D eigenvalue weighted by Gasteiger charge is 2.09. The maximum Gasteiger partial charge on any atom is 0.394 e. The fourth-order valence-corrected chi connectivity index (χ4v) is 2.10. The Morgan fingerprint density at radius 3 is 2.20 bits per heavy atom. The van der Waals surface area contributed by atoms with Crippen molar-refractivity contribution in [2.24, 2.45) is 11.8 Å². The van der Waals surface area contributed by atoms with Gasteiger partial charge in [-0.25, -0.2) is 4.98 Å². The lowest BCUT2D eigenvalue weighted by Crippen LogP contribution is -2.07. The highest BCUT2D eigenvalue weighted by Crippen LogP contribution is 2.21. The first-order chi connectivity index (χ1) is 9.26. The zero-order valence-electron chi connectivity index (χ0n) is 12.4. The molecule has 6 nitrogen and oxygen atoms in total. The second-order valence-corrected chi connectivity index (χ2v) is 5.96. The fraction of sp³-hybridized carbons (Fsp3) is 0.769. The van der Waals surface area contributed by atoms with E-state index in [4.69, 9.17) is 17.5 Å². The van der Waals surface area contributed by atoms with E-state index in [0.29, 0.717) is 0 Å². The first kappa shape index (κ1) is 19.1. The average Bonchev–Trinajstić information content (AvgIpc) is 2.84. The van der Waals surface area contributed by atoms with Crippen molar-refractivity contribution >= 4 is 10.4 Å². The molecule has 1 unspecified atom stereocenters. The Hall–Kier alpha value is -0.920. The van der Waals surface area contributed by atoms with E-state index in [2.05, 4.69) is 30.3 Å². The molecule has 0 spiro atoms. The van der Waals surface area contributed by atoms with Crippen LogP contribution in [-0.4, -0.2) is 27.1 Å². The van der Waals surface area contributed by atoms with Crippen LogP contribution in [0.25, 0.3) is 0 Å². The lowest BCUT2D eigenvalue weighted by atomic mass is 9.90. The van der Waals surface area contributed by atoms with Gasteiger partial charge in [0.15, 0.2) is 0 Å². The Bertz CT molecular complexity index is 419. The van der Waals surface area contributed by atoms with E-state index < -0.39 is 10.4 Å². The van der Waals surface area contributed by atoms with Crippen molar-refractivity contribution in [3.63, 3.8) is 0 Å². The van der Waals surface area contributed by atoms with E-state index in [1.165, 1.54) is 25.7 Å². The topological polar surface area (TPSA) is 92.4 Å². The predicted molar refractivity (Wildman–Crippen MR) is 78.9 cm³/mol. The first-order valence-electron chi connectivity index (χ1n) is 6.91. The second-order valence-electron chi connectivity index (χ2n) is 5.06. The molecule has 0 amide bonds. The summed E-state index contributed by atoms with van der Waals surface area (Å²) >= 11 is 0. The van der Waals surface area contributed by atoms with E-state index in [-0.39, 0.29) is 0 Å². The van der Waals surface area contributed by atoms with Crippen LogP contribution >= 0.6 is 0 Å². The van der Waals surface area contributed by atoms with Crippen LogP contribution in [0.3, 0.4) is 0 Å². The molecule has 0 aliphatic rings. The zero-order valence-corrected chi connectivity index (χ0v) is 13.3. The molecule has 0 saturated heterocycles. The number of hydrogen-bond donors (Lipinski definition) is 2. The van der Waals surface area contributed by atoms with Crippen molar-refractivity contribution in [2.45, 2.75) is 53.0 Å². The summed E-state index contributed by atoms with van der Waals surface area (Å²) in [4.78, 5) is 4.06. The smallest absolute Gasteiger partial charge is 0.337 e. The molecule has 1 aromatic heterocycles. The third kappa shape index (κ3) is 12.1. The second kappa shape index (κ2) is 9.90. The molecule has 1 rings (SSSR count). The number of aryl methyl sites for hydroxylation is 1. The minimum Gasteiger partial charge on any atom is -0.337 e. The van der Waals surface area contributed by atoms with Crippen molar-refractivity contribution in [1.29, 1.82) is 0 Å². The normalized spacial score (nSPS) is 12.9. The van der Waals surface area contributed by atoms with Gasteiger partial charge in [0.2, 0.25) is 0 Å². The molecule has 2 N–H and O–H groups in total. The average molecular weight is 306 g/mol. The molecule has 0 aliphatic heterocycles. The van der Waals surface area contributed by atoms with Crippen LogP contribution in [-0.2, 0) is 16.9 Å². The van der Waals surface area contributed by atoms with E-state index in [0.717, 1.165) is 18.4 Å². The molecule has 0 radical (unpaired) electrons. The van der Waals surface area contributed by atoms with E-state index >= 15 is 0 Å². The molecule has 1 atom stereocenters. The summed E-state index contributed by atoms with van der Waals surface area (Å²) in [5, 5.41) is 0. The number of aromatic nitrogens is 2. The van der Waals surface area contributed by atoms with Gasteiger partial charge in [0.05, 0.1) is 6.33 Å². The minimum atomic E-state index is -4.67. The molecule has 7 heteroatoms. The molecular formula is C13H26N2O4S. The minimum absolute atomic E-state index is 0.831. The number of imidazole rings is 1. The maximum atomic E-state index is 8.74. The van der Waals surface area contributed by atoms with Crippen LogP contribution in [0.2, 0.25) is 0 Å². The molecule has 118 valence electrons. The van der Waals surface area contributed by atoms with Crippen molar-refractivity contribution in [2.75, 3.05) is 0 Å². The Labute approximate surface area is 121 Å². The van der Waals surface area contributed by atoms with Gasteiger partial charge in [-0.15, -0.1) is 0 Å². The van der Waals surface area contributed by atoms with Gasteiger partial charge in [-0.05, 0) is 24.7 Å². The number of rotatable bonds is 7. The van der Waals surface area contributed by atoms with Crippen LogP contribution in [0.4, 0.5) is 0 Å². The largest absolute Gasteiger partial charge is 0.394 e. The van der Waals surface area contributed by atoms with Crippen LogP contribution in [0.15, 0.2) is 18.7 Å². The molecule has 0 saturated carbocycles. The first-order valence-corrected chi connectivity index (χ1v) is 8.31. The van der Waals surface area contributed by atoms with Gasteiger partial charge in [-0.3, -0.25) is 9.11 Å². The third-order valence-corrected chi connectivity index (χ3v) is 3.33. The molecule has 20 heavy (non-hydrogen) atoms. The fourth-order valence-electron chi connectivity index (χ4n) is 2.10. The van der Waals surface area contributed by atoms with Crippen LogP contribution in [0.5, 0.6) is 0 Å². The number of hydrogen-bond acceptors (Lipinski definition) is 3. The van der Waals surface area contributed by atoms with Gasteiger partial charge in [0.1, 0.15) is 0 Å². The monoisotopic (exact) mass is 306 g/mol. The molecule has 0 aliphatic carbocycles. The lowest BCUT2D eigenvalue weighted by molar-refractivity contribution is 0.344. The molecule has 1 heterocycles. The highest BCUT2D eigenvalue weighted by atomic mass is 32.3. The highest BCUT2D eigenvalue weighted by molar-refractivity contribution is 7.79. The Kier molecular flexibility index (Phi) is 9.45. The summed E-state index contributed by atoms with van der Waals surface area (Å²) in [6, 6.07) is 0. The summed E-state index contributed by atoms with van der Waals surface area (Å²) < 4.78 is 33.8. The summed E-state index contributed by atoms with van der Waals surface area (Å²) in [6.45, 7) is 8.09. The van der Waals surface area contributed by atoms with E-state index in [1.807, 2.05) is 18.7 Å². The van der Waals surface area contributed by atoms with Gasteiger partial charge in [0, 0.05) is 18.9 Å². The molecule has 0 fully saturated rings. The SMILES string of the molecule is CCC(CC)CC(C)CCn1ccnc1.O=S(=O)(O)O. The Morgan fingerprint density at radius 1 is 1.25 bits per heavy atom. The summed E-state index contributed by atoms with van der Waals surface area (Å²) in [5.74, 6) is 1.75. The van der Waals surface area contributed by atoms with Crippen molar-refractivity contribution in [1.82, 2.24) is 9.55 Å². The number of nitrogens with zero attached hydrogens (tertiary/aromatic N) is 2. The van der Waals surface area contributed by atoms with Crippen molar-refractivity contribution in [3.05, 3.63) is 18.7 Å². The van der Waals surface area contributed by atoms with Crippen LogP contribution in [0, 0.1) is 11.8 Å². The molecule has 0 bridgehead atoms. The molecule has 0 aromatic carbocycles. The van der Waals surface area contributed by atoms with E-state index in [9.17, 15) is 0 Å². The lowest BCUT2D eigenvalue weighted by Gasteiger charge is -2.18. The zero-order chi connectivity index (χ0) is 15.6. The Morgan fingerprint density at radius 2 is 1.80 bits per heavy atom. The van der Waals surface area contributed by atoms with Crippen molar-refractivity contribution < 1.29 is 17.5 Å². The quantitative estimate of drug-likeness (QED) is 0.755. The van der Waals surface area contributed by atoms with Gasteiger partial charge >= 0.3 is 10.4 Å². The van der Waals surface area contributed by atoms with Gasteiger partial charge in [-0.1, -0.05) is 33.6 Å². The molecule has 1 aromatic rings. The van der Waals surface area contributed by atoms with Gasteiger partial charge in [-0.2, -0.15) is 8.42 Å². The van der Waals surface area contributed by atoms with Crippen LogP contribution < -0.4 is 0 Å².